The highest BCUT2D eigenvalue weighted by molar-refractivity contribution is 6.49. The van der Waals surface area contributed by atoms with Gasteiger partial charge in [0.1, 0.15) is 5.76 Å². The molecule has 0 saturated heterocycles. The summed E-state index contributed by atoms with van der Waals surface area (Å²) in [6, 6.07) is 3.94. The minimum absolute atomic E-state index is 0.442. The van der Waals surface area contributed by atoms with E-state index >= 15 is 0 Å². The van der Waals surface area contributed by atoms with Gasteiger partial charge < -0.3 is 4.42 Å². The quantitative estimate of drug-likeness (QED) is 0.709. The Morgan fingerprint density at radius 2 is 2.36 bits per heavy atom. The average Bonchev–Trinajstić information content (AvgIpc) is 2.59. The Kier molecular flexibility index (Phi) is 3.79. The first-order valence-electron chi connectivity index (χ1n) is 4.54. The molecule has 0 aromatic carbocycles. The normalized spacial score (nSPS) is 12.1. The summed E-state index contributed by atoms with van der Waals surface area (Å²) < 4.78 is 5.21. The maximum absolute atomic E-state index is 8.88. The first kappa shape index (κ1) is 10.9. The van der Waals surface area contributed by atoms with E-state index in [1.165, 1.54) is 0 Å². The van der Waals surface area contributed by atoms with Crippen LogP contribution in [0.15, 0.2) is 22.3 Å². The van der Waals surface area contributed by atoms with Gasteiger partial charge in [-0.3, -0.25) is 0 Å². The van der Waals surface area contributed by atoms with Crippen molar-refractivity contribution in [2.24, 2.45) is 0 Å². The van der Waals surface area contributed by atoms with Crippen molar-refractivity contribution in [2.45, 2.75) is 26.7 Å². The number of hydrogen-bond acceptors (Lipinski definition) is 2. The number of rotatable bonds is 3. The van der Waals surface area contributed by atoms with Crippen LogP contribution in [0.25, 0.3) is 5.03 Å². The largest absolute Gasteiger partial charge is 0.463 e. The highest BCUT2D eigenvalue weighted by Crippen LogP contribution is 2.28. The van der Waals surface area contributed by atoms with Crippen LogP contribution in [0.5, 0.6) is 0 Å². The molecule has 0 N–H and O–H groups in total. The molecule has 1 aromatic rings. The second-order valence-electron chi connectivity index (χ2n) is 3.09. The van der Waals surface area contributed by atoms with Gasteiger partial charge in [-0.1, -0.05) is 24.9 Å². The zero-order chi connectivity index (χ0) is 10.6. The van der Waals surface area contributed by atoms with Crippen molar-refractivity contribution in [1.29, 1.82) is 5.26 Å². The molecule has 0 radical (unpaired) electrons. The Morgan fingerprint density at radius 1 is 1.64 bits per heavy atom. The van der Waals surface area contributed by atoms with Crippen LogP contribution in [-0.2, 0) is 0 Å². The van der Waals surface area contributed by atoms with E-state index in [9.17, 15) is 0 Å². The molecule has 0 fully saturated rings. The van der Waals surface area contributed by atoms with Crippen molar-refractivity contribution in [2.75, 3.05) is 0 Å². The van der Waals surface area contributed by atoms with Crippen molar-refractivity contribution >= 4 is 16.6 Å². The topological polar surface area (TPSA) is 36.9 Å². The second-order valence-corrected chi connectivity index (χ2v) is 3.47. The van der Waals surface area contributed by atoms with Gasteiger partial charge in [0, 0.05) is 0 Å². The van der Waals surface area contributed by atoms with Gasteiger partial charge in [0.2, 0.25) is 0 Å². The summed E-state index contributed by atoms with van der Waals surface area (Å²) in [5.74, 6) is 0.608. The molecule has 3 heteroatoms. The lowest BCUT2D eigenvalue weighted by molar-refractivity contribution is 0.553. The molecule has 0 aliphatic carbocycles. The van der Waals surface area contributed by atoms with Crippen LogP contribution in [0, 0.1) is 18.3 Å². The van der Waals surface area contributed by atoms with E-state index < -0.39 is 0 Å². The van der Waals surface area contributed by atoms with Crippen LogP contribution in [0.2, 0.25) is 0 Å². The van der Waals surface area contributed by atoms with Crippen LogP contribution >= 0.6 is 11.6 Å². The third kappa shape index (κ3) is 2.18. The predicted octanol–water partition coefficient (Wildman–Crippen LogP) is 3.86. The molecule has 0 unspecified atom stereocenters. The molecule has 2 nitrogen and oxygen atoms in total. The molecule has 0 saturated carbocycles. The van der Waals surface area contributed by atoms with Crippen molar-refractivity contribution in [3.8, 4) is 6.07 Å². The third-order valence-electron chi connectivity index (χ3n) is 1.96. The molecule has 0 bridgehead atoms. The highest BCUT2D eigenvalue weighted by atomic mass is 35.5. The number of hydrogen-bond donors (Lipinski definition) is 0. The van der Waals surface area contributed by atoms with E-state index in [1.54, 1.807) is 6.26 Å². The van der Waals surface area contributed by atoms with Crippen molar-refractivity contribution < 1.29 is 4.42 Å². The van der Waals surface area contributed by atoms with Gasteiger partial charge in [-0.15, -0.1) is 0 Å². The maximum atomic E-state index is 8.88. The summed E-state index contributed by atoms with van der Waals surface area (Å²) in [5.41, 5.74) is 1.55. The number of halogens is 1. The zero-order valence-corrected chi connectivity index (χ0v) is 9.06. The molecular weight excluding hydrogens is 198 g/mol. The zero-order valence-electron chi connectivity index (χ0n) is 8.30. The smallest absolute Gasteiger partial charge is 0.149 e. The Hall–Kier alpha value is -1.20. The van der Waals surface area contributed by atoms with Gasteiger partial charge in [0.25, 0.3) is 0 Å². The minimum Gasteiger partial charge on any atom is -0.463 e. The lowest BCUT2D eigenvalue weighted by Gasteiger charge is -2.00. The van der Waals surface area contributed by atoms with Crippen LogP contribution < -0.4 is 0 Å². The van der Waals surface area contributed by atoms with Gasteiger partial charge in [-0.25, -0.2) is 0 Å². The molecule has 1 aromatic heterocycles. The van der Waals surface area contributed by atoms with Gasteiger partial charge in [0.05, 0.1) is 22.9 Å². The molecule has 0 aliphatic heterocycles. The fraction of sp³-hybridized carbons (Fsp3) is 0.364. The molecule has 1 rings (SSSR count). The van der Waals surface area contributed by atoms with E-state index in [-0.39, 0.29) is 0 Å². The van der Waals surface area contributed by atoms with E-state index in [2.05, 4.69) is 6.07 Å². The standard InChI is InChI=1S/C11H12ClNO/c1-3-4-9(7-13)10(12)11-8(2)5-6-14-11/h5-6H,3-4H2,1-2H3. The second kappa shape index (κ2) is 4.88. The Balaban J connectivity index is 3.09. The van der Waals surface area contributed by atoms with Gasteiger partial charge >= 0.3 is 0 Å². The van der Waals surface area contributed by atoms with E-state index in [0.717, 1.165) is 12.0 Å². The van der Waals surface area contributed by atoms with Crippen LogP contribution in [-0.4, -0.2) is 0 Å². The first-order valence-corrected chi connectivity index (χ1v) is 4.91. The van der Waals surface area contributed by atoms with E-state index in [0.29, 0.717) is 22.8 Å². The lowest BCUT2D eigenvalue weighted by atomic mass is 10.1. The Bertz CT molecular complexity index is 384. The average molecular weight is 210 g/mol. The van der Waals surface area contributed by atoms with E-state index in [1.807, 2.05) is 19.9 Å². The number of allylic oxidation sites excluding steroid dienone is 1. The summed E-state index contributed by atoms with van der Waals surface area (Å²) in [6.07, 6.45) is 3.17. The van der Waals surface area contributed by atoms with Crippen molar-refractivity contribution in [3.63, 3.8) is 0 Å². The monoisotopic (exact) mass is 209 g/mol. The molecular formula is C11H12ClNO. The summed E-state index contributed by atoms with van der Waals surface area (Å²) in [5, 5.41) is 9.32. The summed E-state index contributed by atoms with van der Waals surface area (Å²) in [6.45, 7) is 3.92. The molecule has 1 heterocycles. The number of nitrogens with zero attached hydrogens (tertiary/aromatic N) is 1. The SMILES string of the molecule is CCCC(C#N)=C(Cl)c1occc1C. The van der Waals surface area contributed by atoms with E-state index in [4.69, 9.17) is 21.3 Å². The van der Waals surface area contributed by atoms with Gasteiger partial charge in [-0.2, -0.15) is 5.26 Å². The lowest BCUT2D eigenvalue weighted by Crippen LogP contribution is -1.85. The molecule has 74 valence electrons. The van der Waals surface area contributed by atoms with Gasteiger partial charge in [-0.05, 0) is 25.0 Å². The number of nitriles is 1. The molecule has 0 aliphatic rings. The summed E-state index contributed by atoms with van der Waals surface area (Å²) in [7, 11) is 0. The fourth-order valence-electron chi connectivity index (χ4n) is 1.20. The number of furan rings is 1. The van der Waals surface area contributed by atoms with Crippen LogP contribution in [0.3, 0.4) is 0 Å². The molecule has 0 spiro atoms. The summed E-state index contributed by atoms with van der Waals surface area (Å²) in [4.78, 5) is 0. The van der Waals surface area contributed by atoms with Crippen molar-refractivity contribution in [3.05, 3.63) is 29.2 Å². The molecule has 14 heavy (non-hydrogen) atoms. The third-order valence-corrected chi connectivity index (χ3v) is 2.36. The summed E-state index contributed by atoms with van der Waals surface area (Å²) >= 11 is 6.06. The first-order chi connectivity index (χ1) is 6.70. The van der Waals surface area contributed by atoms with Gasteiger partial charge in [0.15, 0.2) is 0 Å². The fourth-order valence-corrected chi connectivity index (χ4v) is 1.53. The molecule has 0 amide bonds. The van der Waals surface area contributed by atoms with Crippen molar-refractivity contribution in [1.82, 2.24) is 0 Å². The van der Waals surface area contributed by atoms with Crippen LogP contribution in [0.4, 0.5) is 0 Å². The molecule has 0 atom stereocenters. The maximum Gasteiger partial charge on any atom is 0.149 e. The Morgan fingerprint density at radius 3 is 2.79 bits per heavy atom. The van der Waals surface area contributed by atoms with Crippen LogP contribution in [0.1, 0.15) is 31.1 Å². The number of aryl methyl sites for hydroxylation is 1. The predicted molar refractivity (Wildman–Crippen MR) is 56.7 cm³/mol. The Labute approximate surface area is 88.8 Å². The minimum atomic E-state index is 0.442. The highest BCUT2D eigenvalue weighted by Gasteiger charge is 2.11.